The molecule has 1 aromatic carbocycles. The lowest BCUT2D eigenvalue weighted by atomic mass is 9.81. The molecule has 176 valence electrons. The number of ether oxygens (including phenoxy) is 1. The SMILES string of the molecule is COc1ccc(CC(=O)Nc2ccc3n(c2=O)C[C@H]2C[C@@H]3CN(CC3CCCCC3)C2)cc1. The zero-order valence-corrected chi connectivity index (χ0v) is 19.6. The number of anilines is 1. The van der Waals surface area contributed by atoms with Crippen LogP contribution in [0.1, 0.15) is 55.7 Å². The molecule has 2 bridgehead atoms. The fourth-order valence-corrected chi connectivity index (χ4v) is 6.15. The fraction of sp³-hybridized carbons (Fsp3) is 0.556. The zero-order chi connectivity index (χ0) is 22.8. The van der Waals surface area contributed by atoms with Gasteiger partial charge in [-0.1, -0.05) is 31.4 Å². The minimum absolute atomic E-state index is 0.0639. The summed E-state index contributed by atoms with van der Waals surface area (Å²) in [7, 11) is 1.62. The average molecular weight is 450 g/mol. The van der Waals surface area contributed by atoms with Crippen LogP contribution >= 0.6 is 0 Å². The molecule has 2 aromatic rings. The summed E-state index contributed by atoms with van der Waals surface area (Å²) in [6, 6.07) is 11.3. The van der Waals surface area contributed by atoms with Crippen LogP contribution in [0.2, 0.25) is 0 Å². The molecule has 5 rings (SSSR count). The minimum atomic E-state index is -0.174. The van der Waals surface area contributed by atoms with E-state index in [2.05, 4.69) is 16.3 Å². The number of nitrogens with one attached hydrogen (secondary N) is 1. The van der Waals surface area contributed by atoms with Crippen LogP contribution in [-0.2, 0) is 17.8 Å². The highest BCUT2D eigenvalue weighted by molar-refractivity contribution is 5.92. The largest absolute Gasteiger partial charge is 0.497 e. The summed E-state index contributed by atoms with van der Waals surface area (Å²) in [6.07, 6.45) is 8.32. The summed E-state index contributed by atoms with van der Waals surface area (Å²) in [5, 5.41) is 2.85. The van der Waals surface area contributed by atoms with E-state index < -0.39 is 0 Å². The van der Waals surface area contributed by atoms with E-state index >= 15 is 0 Å². The highest BCUT2D eigenvalue weighted by Crippen LogP contribution is 2.36. The molecular weight excluding hydrogens is 414 g/mol. The molecule has 1 N–H and O–H groups in total. The van der Waals surface area contributed by atoms with E-state index in [1.165, 1.54) is 45.1 Å². The molecule has 1 amide bonds. The summed E-state index contributed by atoms with van der Waals surface area (Å²) in [6.45, 7) is 4.12. The van der Waals surface area contributed by atoms with Crippen molar-refractivity contribution in [2.75, 3.05) is 32.1 Å². The Labute approximate surface area is 195 Å². The lowest BCUT2D eigenvalue weighted by Gasteiger charge is -2.44. The van der Waals surface area contributed by atoms with Gasteiger partial charge in [0.15, 0.2) is 0 Å². The zero-order valence-electron chi connectivity index (χ0n) is 19.6. The van der Waals surface area contributed by atoms with Crippen LogP contribution in [0.3, 0.4) is 0 Å². The number of methoxy groups -OCH3 is 1. The van der Waals surface area contributed by atoms with Gasteiger partial charge in [0, 0.05) is 37.8 Å². The van der Waals surface area contributed by atoms with Crippen molar-refractivity contribution in [1.29, 1.82) is 0 Å². The molecule has 2 atom stereocenters. The smallest absolute Gasteiger partial charge is 0.274 e. The van der Waals surface area contributed by atoms with Crippen LogP contribution in [0.5, 0.6) is 5.75 Å². The van der Waals surface area contributed by atoms with Gasteiger partial charge in [-0.3, -0.25) is 9.59 Å². The molecule has 1 aliphatic carbocycles. The van der Waals surface area contributed by atoms with E-state index in [1.807, 2.05) is 28.8 Å². The van der Waals surface area contributed by atoms with Gasteiger partial charge in [0.05, 0.1) is 13.5 Å². The minimum Gasteiger partial charge on any atom is -0.497 e. The normalized spacial score (nSPS) is 23.1. The fourth-order valence-electron chi connectivity index (χ4n) is 6.15. The molecule has 1 aromatic heterocycles. The number of carbonyl (C=O) groups excluding carboxylic acids is 1. The number of piperidine rings is 1. The maximum Gasteiger partial charge on any atom is 0.274 e. The first-order valence-electron chi connectivity index (χ1n) is 12.5. The van der Waals surface area contributed by atoms with Crippen LogP contribution in [0.4, 0.5) is 5.69 Å². The number of amides is 1. The second-order valence-electron chi connectivity index (χ2n) is 10.2. The highest BCUT2D eigenvalue weighted by atomic mass is 16.5. The highest BCUT2D eigenvalue weighted by Gasteiger charge is 2.35. The maximum absolute atomic E-state index is 13.2. The van der Waals surface area contributed by atoms with Gasteiger partial charge < -0.3 is 19.5 Å². The van der Waals surface area contributed by atoms with Crippen molar-refractivity contribution < 1.29 is 9.53 Å². The summed E-state index contributed by atoms with van der Waals surface area (Å²) < 4.78 is 7.10. The third-order valence-electron chi connectivity index (χ3n) is 7.72. The van der Waals surface area contributed by atoms with Gasteiger partial charge in [0.2, 0.25) is 5.91 Å². The standard InChI is InChI=1S/C27H35N3O3/c1-33-23-9-7-19(8-10-23)14-26(31)28-24-11-12-25-22-13-21(17-30(25)27(24)32)16-29(18-22)15-20-5-3-2-4-6-20/h7-12,20-22H,2-6,13-18H2,1H3,(H,28,31)/t21-,22+/m0/s1. The number of rotatable bonds is 6. The molecule has 1 saturated carbocycles. The molecule has 6 nitrogen and oxygen atoms in total. The predicted octanol–water partition coefficient (Wildman–Crippen LogP) is 4.04. The molecule has 6 heteroatoms. The van der Waals surface area contributed by atoms with E-state index in [9.17, 15) is 9.59 Å². The Bertz CT molecular complexity index is 1040. The Morgan fingerprint density at radius 3 is 2.58 bits per heavy atom. The van der Waals surface area contributed by atoms with Crippen molar-refractivity contribution in [2.45, 2.75) is 57.4 Å². The number of fused-ring (bicyclic) bond motifs is 4. The number of pyridine rings is 1. The summed E-state index contributed by atoms with van der Waals surface area (Å²) in [5.74, 6) is 2.37. The number of aromatic nitrogens is 1. The Balaban J connectivity index is 1.25. The van der Waals surface area contributed by atoms with Crippen molar-refractivity contribution in [3.63, 3.8) is 0 Å². The number of hydrogen-bond donors (Lipinski definition) is 1. The third kappa shape index (κ3) is 5.01. The number of hydrogen-bond acceptors (Lipinski definition) is 4. The quantitative estimate of drug-likeness (QED) is 0.723. The second kappa shape index (κ2) is 9.72. The number of likely N-dealkylation sites (tertiary alicyclic amines) is 1. The molecule has 2 fully saturated rings. The second-order valence-corrected chi connectivity index (χ2v) is 10.2. The molecule has 0 radical (unpaired) electrons. The first-order valence-corrected chi connectivity index (χ1v) is 12.5. The Morgan fingerprint density at radius 2 is 1.82 bits per heavy atom. The van der Waals surface area contributed by atoms with E-state index in [-0.39, 0.29) is 17.9 Å². The van der Waals surface area contributed by atoms with Gasteiger partial charge in [-0.05, 0) is 60.9 Å². The van der Waals surface area contributed by atoms with E-state index in [1.54, 1.807) is 13.2 Å². The Hall–Kier alpha value is -2.60. The van der Waals surface area contributed by atoms with Gasteiger partial charge in [0.1, 0.15) is 11.4 Å². The van der Waals surface area contributed by atoms with E-state index in [4.69, 9.17) is 4.74 Å². The predicted molar refractivity (Wildman–Crippen MR) is 130 cm³/mol. The van der Waals surface area contributed by atoms with Gasteiger partial charge in [-0.25, -0.2) is 0 Å². The Morgan fingerprint density at radius 1 is 1.03 bits per heavy atom. The first-order chi connectivity index (χ1) is 16.1. The molecule has 1 saturated heterocycles. The molecule has 2 aliphatic heterocycles. The lowest BCUT2D eigenvalue weighted by molar-refractivity contribution is -0.115. The lowest BCUT2D eigenvalue weighted by Crippen LogP contribution is -2.48. The average Bonchev–Trinajstić information content (AvgIpc) is 2.82. The molecule has 33 heavy (non-hydrogen) atoms. The van der Waals surface area contributed by atoms with Crippen LogP contribution in [-0.4, -0.2) is 42.1 Å². The number of carbonyl (C=O) groups is 1. The van der Waals surface area contributed by atoms with Crippen molar-refractivity contribution in [1.82, 2.24) is 9.47 Å². The van der Waals surface area contributed by atoms with Crippen molar-refractivity contribution >= 4 is 11.6 Å². The van der Waals surface area contributed by atoms with E-state index in [0.717, 1.165) is 42.6 Å². The van der Waals surface area contributed by atoms with Crippen molar-refractivity contribution in [3.05, 3.63) is 58.0 Å². The summed E-state index contributed by atoms with van der Waals surface area (Å²) in [4.78, 5) is 28.5. The van der Waals surface area contributed by atoms with Gasteiger partial charge in [0.25, 0.3) is 5.56 Å². The third-order valence-corrected chi connectivity index (χ3v) is 7.72. The number of benzene rings is 1. The molecular formula is C27H35N3O3. The van der Waals surface area contributed by atoms with Crippen molar-refractivity contribution in [3.8, 4) is 5.75 Å². The molecule has 3 heterocycles. The topological polar surface area (TPSA) is 63.6 Å². The molecule has 0 spiro atoms. The van der Waals surface area contributed by atoms with Gasteiger partial charge in [-0.2, -0.15) is 0 Å². The summed E-state index contributed by atoms with van der Waals surface area (Å²) in [5.41, 5.74) is 2.35. The van der Waals surface area contributed by atoms with Crippen LogP contribution in [0.15, 0.2) is 41.2 Å². The van der Waals surface area contributed by atoms with Crippen molar-refractivity contribution in [2.24, 2.45) is 11.8 Å². The monoisotopic (exact) mass is 449 g/mol. The Kier molecular flexibility index (Phi) is 6.54. The van der Waals surface area contributed by atoms with Crippen LogP contribution in [0, 0.1) is 11.8 Å². The first kappa shape index (κ1) is 22.2. The van der Waals surface area contributed by atoms with Gasteiger partial charge in [-0.15, -0.1) is 0 Å². The molecule has 0 unspecified atom stereocenters. The number of nitrogens with zero attached hydrogens (tertiary/aromatic N) is 2. The summed E-state index contributed by atoms with van der Waals surface area (Å²) >= 11 is 0. The van der Waals surface area contributed by atoms with Gasteiger partial charge >= 0.3 is 0 Å². The maximum atomic E-state index is 13.2. The van der Waals surface area contributed by atoms with E-state index in [0.29, 0.717) is 17.5 Å². The van der Waals surface area contributed by atoms with Crippen LogP contribution < -0.4 is 15.6 Å². The van der Waals surface area contributed by atoms with Crippen LogP contribution in [0.25, 0.3) is 0 Å². The molecule has 3 aliphatic rings.